The van der Waals surface area contributed by atoms with E-state index in [0.717, 1.165) is 17.7 Å². The summed E-state index contributed by atoms with van der Waals surface area (Å²) in [5.41, 5.74) is 2.98. The topological polar surface area (TPSA) is 64.3 Å². The summed E-state index contributed by atoms with van der Waals surface area (Å²) in [6.45, 7) is 0.689. The Labute approximate surface area is 111 Å². The molecule has 0 bridgehead atoms. The zero-order chi connectivity index (χ0) is 13.8. The van der Waals surface area contributed by atoms with E-state index in [4.69, 9.17) is 9.84 Å². The normalized spacial score (nSPS) is 10.6. The Hall–Kier alpha value is -2.14. The summed E-state index contributed by atoms with van der Waals surface area (Å²) in [5.74, 6) is -1.02. The Kier molecular flexibility index (Phi) is 3.97. The van der Waals surface area contributed by atoms with E-state index in [1.807, 2.05) is 24.3 Å². The maximum absolute atomic E-state index is 10.9. The molecule has 19 heavy (non-hydrogen) atoms. The quantitative estimate of drug-likeness (QED) is 0.892. The van der Waals surface area contributed by atoms with Crippen LogP contribution in [0, 0.1) is 0 Å². The van der Waals surface area contributed by atoms with E-state index in [0.29, 0.717) is 6.61 Å². The monoisotopic (exact) mass is 260 g/mol. The highest BCUT2D eigenvalue weighted by Gasteiger charge is 2.12. The van der Waals surface area contributed by atoms with Gasteiger partial charge in [0, 0.05) is 14.2 Å². The van der Waals surface area contributed by atoms with Crippen LogP contribution >= 0.6 is 0 Å². The minimum Gasteiger partial charge on any atom is -0.476 e. The summed E-state index contributed by atoms with van der Waals surface area (Å²) >= 11 is 0. The smallest absolute Gasteiger partial charge is 0.356 e. The molecular formula is C14H16N2O3. The Morgan fingerprint density at radius 1 is 1.37 bits per heavy atom. The van der Waals surface area contributed by atoms with Gasteiger partial charge in [0.1, 0.15) is 0 Å². The molecule has 0 amide bonds. The van der Waals surface area contributed by atoms with Crippen LogP contribution in [-0.4, -0.2) is 34.6 Å². The Morgan fingerprint density at radius 3 is 2.58 bits per heavy atom. The van der Waals surface area contributed by atoms with Gasteiger partial charge in [0.25, 0.3) is 0 Å². The number of carbonyl (C=O) groups is 1. The van der Waals surface area contributed by atoms with Gasteiger partial charge in [0.15, 0.2) is 5.69 Å². The van der Waals surface area contributed by atoms with E-state index in [1.165, 1.54) is 5.56 Å². The van der Waals surface area contributed by atoms with Crippen molar-refractivity contribution in [1.82, 2.24) is 9.78 Å². The molecule has 0 radical (unpaired) electrons. The lowest BCUT2D eigenvalue weighted by Gasteiger charge is -2.04. The number of carboxylic acids is 1. The van der Waals surface area contributed by atoms with E-state index < -0.39 is 5.97 Å². The molecule has 0 unspecified atom stereocenters. The average Bonchev–Trinajstić information content (AvgIpc) is 2.79. The van der Waals surface area contributed by atoms with Gasteiger partial charge in [-0.1, -0.05) is 24.3 Å². The van der Waals surface area contributed by atoms with Gasteiger partial charge in [-0.2, -0.15) is 5.10 Å². The summed E-state index contributed by atoms with van der Waals surface area (Å²) in [7, 11) is 3.41. The third kappa shape index (κ3) is 3.00. The zero-order valence-corrected chi connectivity index (χ0v) is 11.0. The van der Waals surface area contributed by atoms with Crippen LogP contribution in [0.25, 0.3) is 11.3 Å². The van der Waals surface area contributed by atoms with Crippen LogP contribution in [0.4, 0.5) is 0 Å². The summed E-state index contributed by atoms with van der Waals surface area (Å²) in [6.07, 6.45) is 0.864. The first kappa shape index (κ1) is 13.3. The number of aryl methyl sites for hydroxylation is 1. The highest BCUT2D eigenvalue weighted by molar-refractivity contribution is 5.87. The molecule has 5 heteroatoms. The summed E-state index contributed by atoms with van der Waals surface area (Å²) in [4.78, 5) is 10.9. The van der Waals surface area contributed by atoms with Crippen molar-refractivity contribution in [1.29, 1.82) is 0 Å². The molecule has 1 N–H and O–H groups in total. The molecule has 2 aromatic rings. The molecule has 0 saturated heterocycles. The number of methoxy groups -OCH3 is 1. The van der Waals surface area contributed by atoms with Gasteiger partial charge in [-0.25, -0.2) is 4.79 Å². The fourth-order valence-corrected chi connectivity index (χ4v) is 1.90. The fourth-order valence-electron chi connectivity index (χ4n) is 1.90. The number of benzene rings is 1. The van der Waals surface area contributed by atoms with Crippen LogP contribution in [0.3, 0.4) is 0 Å². The van der Waals surface area contributed by atoms with Crippen molar-refractivity contribution in [3.05, 3.63) is 41.6 Å². The maximum atomic E-state index is 10.9. The van der Waals surface area contributed by atoms with Crippen molar-refractivity contribution in [2.24, 2.45) is 7.05 Å². The fraction of sp³-hybridized carbons (Fsp3) is 0.286. The number of ether oxygens (including phenoxy) is 1. The molecular weight excluding hydrogens is 244 g/mol. The minimum absolute atomic E-state index is 0.0564. The second kappa shape index (κ2) is 5.67. The number of hydrogen-bond donors (Lipinski definition) is 1. The molecule has 2 rings (SSSR count). The summed E-state index contributed by atoms with van der Waals surface area (Å²) < 4.78 is 6.61. The number of hydrogen-bond acceptors (Lipinski definition) is 3. The van der Waals surface area contributed by atoms with Crippen molar-refractivity contribution in [3.63, 3.8) is 0 Å². The van der Waals surface area contributed by atoms with E-state index >= 15 is 0 Å². The largest absolute Gasteiger partial charge is 0.476 e. The predicted molar refractivity (Wildman–Crippen MR) is 71.2 cm³/mol. The van der Waals surface area contributed by atoms with Crippen molar-refractivity contribution in [2.75, 3.05) is 13.7 Å². The highest BCUT2D eigenvalue weighted by atomic mass is 16.5. The first-order chi connectivity index (χ1) is 9.11. The standard InChI is InChI=1S/C14H16N2O3/c1-16-13(9-12(15-16)14(17)18)11-5-3-10(4-6-11)7-8-19-2/h3-6,9H,7-8H2,1-2H3,(H,17,18). The second-order valence-electron chi connectivity index (χ2n) is 4.28. The first-order valence-electron chi connectivity index (χ1n) is 5.97. The number of nitrogens with zero attached hydrogens (tertiary/aromatic N) is 2. The SMILES string of the molecule is COCCc1ccc(-c2cc(C(=O)O)nn2C)cc1. The average molecular weight is 260 g/mol. The molecule has 1 aromatic heterocycles. The van der Waals surface area contributed by atoms with Crippen molar-refractivity contribution >= 4 is 5.97 Å². The van der Waals surface area contributed by atoms with E-state index in [9.17, 15) is 4.79 Å². The van der Waals surface area contributed by atoms with Gasteiger partial charge in [0.2, 0.25) is 0 Å². The van der Waals surface area contributed by atoms with Gasteiger partial charge in [-0.3, -0.25) is 4.68 Å². The van der Waals surface area contributed by atoms with E-state index in [2.05, 4.69) is 5.10 Å². The summed E-state index contributed by atoms with van der Waals surface area (Å²) in [6, 6.07) is 9.54. The van der Waals surface area contributed by atoms with E-state index in [-0.39, 0.29) is 5.69 Å². The van der Waals surface area contributed by atoms with Crippen molar-refractivity contribution < 1.29 is 14.6 Å². The number of aromatic carboxylic acids is 1. The van der Waals surface area contributed by atoms with Crippen molar-refractivity contribution in [2.45, 2.75) is 6.42 Å². The van der Waals surface area contributed by atoms with Crippen LogP contribution in [-0.2, 0) is 18.2 Å². The molecule has 0 atom stereocenters. The Morgan fingerprint density at radius 2 is 2.05 bits per heavy atom. The van der Waals surface area contributed by atoms with Gasteiger partial charge < -0.3 is 9.84 Å². The predicted octanol–water partition coefficient (Wildman–Crippen LogP) is 1.97. The van der Waals surface area contributed by atoms with E-state index in [1.54, 1.807) is 24.9 Å². The van der Waals surface area contributed by atoms with Crippen LogP contribution in [0.15, 0.2) is 30.3 Å². The first-order valence-corrected chi connectivity index (χ1v) is 5.97. The van der Waals surface area contributed by atoms with Crippen LogP contribution < -0.4 is 0 Å². The molecule has 5 nitrogen and oxygen atoms in total. The van der Waals surface area contributed by atoms with Crippen LogP contribution in [0.5, 0.6) is 0 Å². The van der Waals surface area contributed by atoms with Crippen molar-refractivity contribution in [3.8, 4) is 11.3 Å². The number of rotatable bonds is 5. The zero-order valence-electron chi connectivity index (χ0n) is 11.0. The molecule has 100 valence electrons. The number of carboxylic acid groups (broad SMARTS) is 1. The minimum atomic E-state index is -1.02. The lowest BCUT2D eigenvalue weighted by atomic mass is 10.1. The molecule has 0 fully saturated rings. The molecule has 1 aromatic carbocycles. The van der Waals surface area contributed by atoms with Gasteiger partial charge in [0.05, 0.1) is 12.3 Å². The Balaban J connectivity index is 2.24. The highest BCUT2D eigenvalue weighted by Crippen LogP contribution is 2.20. The number of aromatic nitrogens is 2. The van der Waals surface area contributed by atoms with Crippen LogP contribution in [0.2, 0.25) is 0 Å². The lowest BCUT2D eigenvalue weighted by molar-refractivity contribution is 0.0689. The third-order valence-corrected chi connectivity index (χ3v) is 2.94. The third-order valence-electron chi connectivity index (χ3n) is 2.94. The van der Waals surface area contributed by atoms with Crippen LogP contribution in [0.1, 0.15) is 16.1 Å². The second-order valence-corrected chi connectivity index (χ2v) is 4.28. The van der Waals surface area contributed by atoms with Gasteiger partial charge in [-0.05, 0) is 23.6 Å². The molecule has 0 aliphatic carbocycles. The Bertz CT molecular complexity index is 573. The molecule has 1 heterocycles. The maximum Gasteiger partial charge on any atom is 0.356 e. The van der Waals surface area contributed by atoms with Gasteiger partial charge >= 0.3 is 5.97 Å². The molecule has 0 aliphatic rings. The molecule has 0 aliphatic heterocycles. The van der Waals surface area contributed by atoms with Gasteiger partial charge in [-0.15, -0.1) is 0 Å². The molecule has 0 saturated carbocycles. The molecule has 0 spiro atoms. The summed E-state index contributed by atoms with van der Waals surface area (Å²) in [5, 5.41) is 12.9. The lowest BCUT2D eigenvalue weighted by Crippen LogP contribution is -1.99.